The molecule has 94 valence electrons. The van der Waals surface area contributed by atoms with Crippen LogP contribution in [-0.4, -0.2) is 55.0 Å². The molecule has 0 unspecified atom stereocenters. The number of aromatic nitrogens is 2. The number of nitrogens with zero attached hydrogens (tertiary/aromatic N) is 5. The third-order valence-electron chi connectivity index (χ3n) is 2.46. The quantitative estimate of drug-likeness (QED) is 0.706. The lowest BCUT2D eigenvalue weighted by Crippen LogP contribution is -2.21. The highest BCUT2D eigenvalue weighted by atomic mass is 16.6. The minimum absolute atomic E-state index is 0.627. The average molecular weight is 239 g/mol. The van der Waals surface area contributed by atoms with Crippen LogP contribution < -0.4 is 4.90 Å². The molecule has 17 heavy (non-hydrogen) atoms. The molecule has 0 atom stereocenters. The molecule has 7 heteroatoms. The molecule has 0 radical (unpaired) electrons. The molecule has 7 nitrogen and oxygen atoms in total. The van der Waals surface area contributed by atoms with Crippen molar-refractivity contribution in [3.8, 4) is 0 Å². The second-order valence-corrected chi connectivity index (χ2v) is 4.24. The molecule has 0 bridgehead atoms. The summed E-state index contributed by atoms with van der Waals surface area (Å²) in [5.74, 6) is 1.25. The Balaban J connectivity index is 1.99. The molecule has 1 saturated heterocycles. The summed E-state index contributed by atoms with van der Waals surface area (Å²) in [6, 6.07) is 0. The summed E-state index contributed by atoms with van der Waals surface area (Å²) in [4.78, 5) is 13.1. The van der Waals surface area contributed by atoms with Crippen LogP contribution in [0.25, 0.3) is 0 Å². The molecule has 2 heterocycles. The van der Waals surface area contributed by atoms with Gasteiger partial charge in [-0.05, 0) is 19.3 Å². The van der Waals surface area contributed by atoms with E-state index < -0.39 is 0 Å². The van der Waals surface area contributed by atoms with Crippen LogP contribution in [-0.2, 0) is 11.4 Å². The van der Waals surface area contributed by atoms with Crippen molar-refractivity contribution in [1.82, 2.24) is 15.0 Å². The van der Waals surface area contributed by atoms with Crippen LogP contribution in [0.15, 0.2) is 9.68 Å². The number of hydrogen-bond acceptors (Lipinski definition) is 7. The van der Waals surface area contributed by atoms with Crippen LogP contribution in [0.5, 0.6) is 0 Å². The summed E-state index contributed by atoms with van der Waals surface area (Å²) in [5.41, 5.74) is 1.01. The van der Waals surface area contributed by atoms with Gasteiger partial charge in [0.25, 0.3) is 5.95 Å². The van der Waals surface area contributed by atoms with Crippen molar-refractivity contribution in [3.63, 3.8) is 0 Å². The van der Waals surface area contributed by atoms with Gasteiger partial charge in [0.1, 0.15) is 7.11 Å². The number of hydrogen-bond donors (Lipinski definition) is 0. The van der Waals surface area contributed by atoms with Crippen LogP contribution in [0.4, 0.5) is 5.95 Å². The predicted octanol–water partition coefficient (Wildman–Crippen LogP) is 0.344. The normalized spacial score (nSPS) is 18.4. The molecule has 1 aliphatic heterocycles. The third-order valence-corrected chi connectivity index (χ3v) is 2.46. The monoisotopic (exact) mass is 239 g/mol. The van der Waals surface area contributed by atoms with Gasteiger partial charge in [-0.1, -0.05) is 5.16 Å². The summed E-state index contributed by atoms with van der Waals surface area (Å²) < 4.78 is 5.17. The predicted molar refractivity (Wildman–Crippen MR) is 63.0 cm³/mol. The Kier molecular flexibility index (Phi) is 3.58. The van der Waals surface area contributed by atoms with E-state index in [4.69, 9.17) is 9.36 Å². The molecule has 0 spiro atoms. The lowest BCUT2D eigenvalue weighted by atomic mass is 10.3. The van der Waals surface area contributed by atoms with Crippen molar-refractivity contribution >= 4 is 11.7 Å². The maximum Gasteiger partial charge on any atom is 0.266 e. The van der Waals surface area contributed by atoms with Gasteiger partial charge < -0.3 is 19.2 Å². The number of oxime groups is 1. The van der Waals surface area contributed by atoms with Gasteiger partial charge in [0.05, 0.1) is 18.8 Å². The molecular formula is C10H17N5O2. The van der Waals surface area contributed by atoms with Gasteiger partial charge in [-0.2, -0.15) is 4.98 Å². The van der Waals surface area contributed by atoms with Gasteiger partial charge in [0.15, 0.2) is 0 Å². The van der Waals surface area contributed by atoms with E-state index >= 15 is 0 Å². The molecule has 0 aliphatic carbocycles. The van der Waals surface area contributed by atoms with E-state index in [0.717, 1.165) is 18.7 Å². The highest BCUT2D eigenvalue weighted by Crippen LogP contribution is 2.15. The zero-order valence-electron chi connectivity index (χ0n) is 10.4. The van der Waals surface area contributed by atoms with Gasteiger partial charge >= 0.3 is 0 Å². The highest BCUT2D eigenvalue weighted by Gasteiger charge is 2.23. The zero-order chi connectivity index (χ0) is 12.3. The summed E-state index contributed by atoms with van der Waals surface area (Å²) in [7, 11) is 5.48. The largest absolute Gasteiger partial charge is 0.399 e. The highest BCUT2D eigenvalue weighted by molar-refractivity contribution is 5.91. The fourth-order valence-electron chi connectivity index (χ4n) is 1.73. The van der Waals surface area contributed by atoms with Crippen molar-refractivity contribution in [2.45, 2.75) is 13.0 Å². The molecule has 0 saturated carbocycles. The van der Waals surface area contributed by atoms with E-state index in [0.29, 0.717) is 24.9 Å². The molecule has 1 aromatic rings. The van der Waals surface area contributed by atoms with Gasteiger partial charge in [-0.15, -0.1) is 0 Å². The topological polar surface area (TPSA) is 67.0 Å². The van der Waals surface area contributed by atoms with Crippen molar-refractivity contribution in [2.24, 2.45) is 5.16 Å². The Morgan fingerprint density at radius 3 is 3.06 bits per heavy atom. The van der Waals surface area contributed by atoms with Crippen LogP contribution >= 0.6 is 0 Å². The fraction of sp³-hybridized carbons (Fsp3) is 0.700. The minimum atomic E-state index is 0.627. The summed E-state index contributed by atoms with van der Waals surface area (Å²) >= 11 is 0. The zero-order valence-corrected chi connectivity index (χ0v) is 10.4. The van der Waals surface area contributed by atoms with E-state index in [1.165, 1.54) is 0 Å². The Hall–Kier alpha value is -1.63. The Morgan fingerprint density at radius 2 is 2.35 bits per heavy atom. The molecule has 0 amide bonds. The molecule has 0 N–H and O–H groups in total. The number of anilines is 1. The van der Waals surface area contributed by atoms with E-state index in [2.05, 4.69) is 15.3 Å². The summed E-state index contributed by atoms with van der Waals surface area (Å²) in [5, 5.41) is 7.90. The lowest BCUT2D eigenvalue weighted by Gasteiger charge is -2.09. The fourth-order valence-corrected chi connectivity index (χ4v) is 1.73. The second-order valence-electron chi connectivity index (χ2n) is 4.24. The lowest BCUT2D eigenvalue weighted by molar-refractivity contribution is 0.212. The Morgan fingerprint density at radius 1 is 1.53 bits per heavy atom. The van der Waals surface area contributed by atoms with Crippen molar-refractivity contribution in [3.05, 3.63) is 5.89 Å². The van der Waals surface area contributed by atoms with E-state index in [1.54, 1.807) is 7.11 Å². The first-order chi connectivity index (χ1) is 8.19. The molecular weight excluding hydrogens is 222 g/mol. The van der Waals surface area contributed by atoms with Crippen molar-refractivity contribution in [2.75, 3.05) is 39.2 Å². The van der Waals surface area contributed by atoms with Crippen molar-refractivity contribution < 1.29 is 9.36 Å². The Labute approximate surface area is 100 Å². The summed E-state index contributed by atoms with van der Waals surface area (Å²) in [6.45, 7) is 2.21. The van der Waals surface area contributed by atoms with Crippen LogP contribution in [0.1, 0.15) is 12.3 Å². The maximum absolute atomic E-state index is 5.17. The van der Waals surface area contributed by atoms with Crippen molar-refractivity contribution in [1.29, 1.82) is 0 Å². The molecule has 1 fully saturated rings. The SMILES string of the molecule is CON=C1CCN(c2noc(CN(C)C)n2)C1. The average Bonchev–Trinajstić information content (AvgIpc) is 2.86. The second kappa shape index (κ2) is 5.13. The first-order valence-corrected chi connectivity index (χ1v) is 5.50. The van der Waals surface area contributed by atoms with E-state index in [9.17, 15) is 0 Å². The van der Waals surface area contributed by atoms with Gasteiger partial charge in [0, 0.05) is 13.0 Å². The smallest absolute Gasteiger partial charge is 0.266 e. The molecule has 1 aliphatic rings. The van der Waals surface area contributed by atoms with Gasteiger partial charge in [-0.3, -0.25) is 0 Å². The molecule has 1 aromatic heterocycles. The maximum atomic E-state index is 5.17. The van der Waals surface area contributed by atoms with Crippen LogP contribution in [0.2, 0.25) is 0 Å². The first-order valence-electron chi connectivity index (χ1n) is 5.50. The van der Waals surface area contributed by atoms with Gasteiger partial charge in [-0.25, -0.2) is 0 Å². The minimum Gasteiger partial charge on any atom is -0.399 e. The number of rotatable bonds is 4. The third kappa shape index (κ3) is 2.94. The standard InChI is InChI=1S/C10H17N5O2/c1-14(2)7-9-11-10(13-17-9)15-5-4-8(6-15)12-16-3/h4-7H2,1-3H3. The van der Waals surface area contributed by atoms with Gasteiger partial charge in [0.2, 0.25) is 5.89 Å². The molecule has 2 rings (SSSR count). The van der Waals surface area contributed by atoms with E-state index in [1.807, 2.05) is 23.9 Å². The van der Waals surface area contributed by atoms with Crippen LogP contribution in [0.3, 0.4) is 0 Å². The van der Waals surface area contributed by atoms with E-state index in [-0.39, 0.29) is 0 Å². The van der Waals surface area contributed by atoms with Crippen LogP contribution in [0, 0.1) is 0 Å². The molecule has 0 aromatic carbocycles. The first kappa shape index (κ1) is 11.8. The Bertz CT molecular complexity index is 401. The summed E-state index contributed by atoms with van der Waals surface area (Å²) in [6.07, 6.45) is 0.880.